The number of nitrogens with zero attached hydrogens (tertiary/aromatic N) is 1. The summed E-state index contributed by atoms with van der Waals surface area (Å²) in [7, 11) is 1.46. The summed E-state index contributed by atoms with van der Waals surface area (Å²) in [6.07, 6.45) is 2.24. The largest absolute Gasteiger partial charge is 0.468 e. The van der Waals surface area contributed by atoms with Crippen molar-refractivity contribution in [1.82, 2.24) is 10.2 Å². The maximum atomic E-state index is 11.7. The van der Waals surface area contributed by atoms with Crippen molar-refractivity contribution in [2.45, 2.75) is 45.7 Å². The van der Waals surface area contributed by atoms with Crippen molar-refractivity contribution in [2.75, 3.05) is 26.7 Å². The fraction of sp³-hybridized carbons (Fsp3) is 0.923. The molecule has 0 aromatic carbocycles. The molecule has 0 amide bonds. The molecule has 1 unspecified atom stereocenters. The summed E-state index contributed by atoms with van der Waals surface area (Å²) in [6, 6.07) is 0.280. The van der Waals surface area contributed by atoms with Gasteiger partial charge in [-0.15, -0.1) is 0 Å². The molecule has 17 heavy (non-hydrogen) atoms. The number of ether oxygens (including phenoxy) is 1. The maximum absolute atomic E-state index is 11.7. The Kier molecular flexibility index (Phi) is 5.92. The predicted molar refractivity (Wildman–Crippen MR) is 68.9 cm³/mol. The number of hydrogen-bond donors (Lipinski definition) is 1. The van der Waals surface area contributed by atoms with Gasteiger partial charge in [0.2, 0.25) is 0 Å². The third-order valence-electron chi connectivity index (χ3n) is 3.57. The lowest BCUT2D eigenvalue weighted by Crippen LogP contribution is -2.51. The van der Waals surface area contributed by atoms with Crippen LogP contribution in [0, 0.1) is 5.92 Å². The quantitative estimate of drug-likeness (QED) is 0.737. The summed E-state index contributed by atoms with van der Waals surface area (Å²) in [4.78, 5) is 14.1. The van der Waals surface area contributed by atoms with E-state index in [-0.39, 0.29) is 17.9 Å². The molecule has 1 atom stereocenters. The molecule has 4 nitrogen and oxygen atoms in total. The van der Waals surface area contributed by atoms with E-state index in [2.05, 4.69) is 31.0 Å². The third kappa shape index (κ3) is 4.28. The number of nitrogens with one attached hydrogen (secondary N) is 1. The lowest BCUT2D eigenvalue weighted by atomic mass is 9.99. The van der Waals surface area contributed by atoms with Gasteiger partial charge in [0.15, 0.2) is 0 Å². The van der Waals surface area contributed by atoms with Crippen LogP contribution in [0.25, 0.3) is 0 Å². The Morgan fingerprint density at radius 2 is 2.00 bits per heavy atom. The minimum atomic E-state index is -0.168. The molecule has 1 aliphatic rings. The number of carbonyl (C=O) groups excluding carboxylic acids is 1. The molecular formula is C13H26N2O2. The Morgan fingerprint density at radius 3 is 2.41 bits per heavy atom. The monoisotopic (exact) mass is 242 g/mol. The molecule has 0 aliphatic carbocycles. The number of carbonyl (C=O) groups is 1. The summed E-state index contributed by atoms with van der Waals surface area (Å²) in [6.45, 7) is 9.67. The topological polar surface area (TPSA) is 41.6 Å². The van der Waals surface area contributed by atoms with E-state index in [9.17, 15) is 4.79 Å². The maximum Gasteiger partial charge on any atom is 0.323 e. The molecule has 100 valence electrons. The highest BCUT2D eigenvalue weighted by Gasteiger charge is 2.27. The third-order valence-corrected chi connectivity index (χ3v) is 3.57. The van der Waals surface area contributed by atoms with Gasteiger partial charge in [-0.05, 0) is 38.4 Å². The van der Waals surface area contributed by atoms with Crippen LogP contribution < -0.4 is 5.32 Å². The molecule has 0 radical (unpaired) electrons. The predicted octanol–water partition coefficient (Wildman–Crippen LogP) is 1.26. The average Bonchev–Trinajstić information content (AvgIpc) is 2.35. The van der Waals surface area contributed by atoms with Crippen LogP contribution in [0.3, 0.4) is 0 Å². The molecule has 1 saturated heterocycles. The standard InChI is InChI=1S/C13H26N2O2/c1-5-15-8-6-11(7-9-15)14-12(10(2)3)13(16)17-4/h10-12,14H,5-9H2,1-4H3. The number of rotatable bonds is 5. The SMILES string of the molecule is CCN1CCC(NC(C(=O)OC)C(C)C)CC1. The fourth-order valence-electron chi connectivity index (χ4n) is 2.33. The van der Waals surface area contributed by atoms with E-state index in [0.29, 0.717) is 6.04 Å². The van der Waals surface area contributed by atoms with Gasteiger partial charge in [0.25, 0.3) is 0 Å². The van der Waals surface area contributed by atoms with Gasteiger partial charge in [0, 0.05) is 6.04 Å². The van der Waals surface area contributed by atoms with E-state index in [1.807, 2.05) is 0 Å². The van der Waals surface area contributed by atoms with Gasteiger partial charge in [-0.25, -0.2) is 0 Å². The number of piperidine rings is 1. The van der Waals surface area contributed by atoms with Crippen molar-refractivity contribution < 1.29 is 9.53 Å². The van der Waals surface area contributed by atoms with E-state index in [1.54, 1.807) is 0 Å². The Balaban J connectivity index is 2.43. The van der Waals surface area contributed by atoms with Crippen LogP contribution in [0.5, 0.6) is 0 Å². The van der Waals surface area contributed by atoms with Gasteiger partial charge in [-0.3, -0.25) is 4.79 Å². The van der Waals surface area contributed by atoms with Crippen molar-refractivity contribution in [3.8, 4) is 0 Å². The van der Waals surface area contributed by atoms with Gasteiger partial charge in [0.1, 0.15) is 6.04 Å². The molecular weight excluding hydrogens is 216 g/mol. The highest BCUT2D eigenvalue weighted by Crippen LogP contribution is 2.13. The second kappa shape index (κ2) is 6.97. The van der Waals surface area contributed by atoms with Crippen molar-refractivity contribution in [3.63, 3.8) is 0 Å². The first kappa shape index (κ1) is 14.5. The Hall–Kier alpha value is -0.610. The van der Waals surface area contributed by atoms with Crippen LogP contribution in [0.15, 0.2) is 0 Å². The van der Waals surface area contributed by atoms with E-state index < -0.39 is 0 Å². The lowest BCUT2D eigenvalue weighted by molar-refractivity contribution is -0.144. The zero-order chi connectivity index (χ0) is 12.8. The summed E-state index contributed by atoms with van der Waals surface area (Å²) in [5, 5.41) is 3.45. The molecule has 4 heteroatoms. The minimum absolute atomic E-state index is 0.141. The molecule has 0 saturated carbocycles. The van der Waals surface area contributed by atoms with Gasteiger partial charge in [-0.1, -0.05) is 20.8 Å². The van der Waals surface area contributed by atoms with Gasteiger partial charge in [0.05, 0.1) is 7.11 Å². The van der Waals surface area contributed by atoms with Crippen LogP contribution in [-0.4, -0.2) is 49.7 Å². The molecule has 1 heterocycles. The number of likely N-dealkylation sites (tertiary alicyclic amines) is 1. The zero-order valence-electron chi connectivity index (χ0n) is 11.5. The number of hydrogen-bond acceptors (Lipinski definition) is 4. The van der Waals surface area contributed by atoms with Crippen LogP contribution >= 0.6 is 0 Å². The van der Waals surface area contributed by atoms with Crippen molar-refractivity contribution in [3.05, 3.63) is 0 Å². The van der Waals surface area contributed by atoms with Crippen LogP contribution in [-0.2, 0) is 9.53 Å². The summed E-state index contributed by atoms with van der Waals surface area (Å²) in [5.41, 5.74) is 0. The molecule has 1 aliphatic heterocycles. The first-order valence-corrected chi connectivity index (χ1v) is 6.64. The number of esters is 1. The highest BCUT2D eigenvalue weighted by atomic mass is 16.5. The molecule has 0 aromatic heterocycles. The first-order valence-electron chi connectivity index (χ1n) is 6.64. The Labute approximate surface area is 105 Å². The number of methoxy groups -OCH3 is 1. The van der Waals surface area contributed by atoms with Crippen molar-refractivity contribution in [2.24, 2.45) is 5.92 Å². The molecule has 1 rings (SSSR count). The zero-order valence-corrected chi connectivity index (χ0v) is 11.5. The second-order valence-electron chi connectivity index (χ2n) is 5.12. The van der Waals surface area contributed by atoms with Crippen LogP contribution in [0.1, 0.15) is 33.6 Å². The average molecular weight is 242 g/mol. The van der Waals surface area contributed by atoms with Crippen molar-refractivity contribution >= 4 is 5.97 Å². The van der Waals surface area contributed by atoms with E-state index >= 15 is 0 Å². The Bertz CT molecular complexity index is 236. The van der Waals surface area contributed by atoms with Gasteiger partial charge in [-0.2, -0.15) is 0 Å². The second-order valence-corrected chi connectivity index (χ2v) is 5.12. The molecule has 0 spiro atoms. The molecule has 1 fully saturated rings. The van der Waals surface area contributed by atoms with Gasteiger partial charge < -0.3 is 15.0 Å². The molecule has 0 bridgehead atoms. The van der Waals surface area contributed by atoms with E-state index in [4.69, 9.17) is 4.74 Å². The fourth-order valence-corrected chi connectivity index (χ4v) is 2.33. The lowest BCUT2D eigenvalue weighted by Gasteiger charge is -2.34. The highest BCUT2D eigenvalue weighted by molar-refractivity contribution is 5.75. The van der Waals surface area contributed by atoms with Crippen LogP contribution in [0.4, 0.5) is 0 Å². The summed E-state index contributed by atoms with van der Waals surface area (Å²) in [5.74, 6) is 0.129. The molecule has 0 aromatic rings. The van der Waals surface area contributed by atoms with Crippen LogP contribution in [0.2, 0.25) is 0 Å². The summed E-state index contributed by atoms with van der Waals surface area (Å²) < 4.78 is 4.85. The normalized spacial score (nSPS) is 20.5. The minimum Gasteiger partial charge on any atom is -0.468 e. The first-order chi connectivity index (χ1) is 8.08. The molecule has 1 N–H and O–H groups in total. The Morgan fingerprint density at radius 1 is 1.41 bits per heavy atom. The summed E-state index contributed by atoms with van der Waals surface area (Å²) >= 11 is 0. The smallest absolute Gasteiger partial charge is 0.323 e. The van der Waals surface area contributed by atoms with Crippen molar-refractivity contribution in [1.29, 1.82) is 0 Å². The van der Waals surface area contributed by atoms with E-state index in [1.165, 1.54) is 7.11 Å². The van der Waals surface area contributed by atoms with Gasteiger partial charge >= 0.3 is 5.97 Å². The van der Waals surface area contributed by atoms with E-state index in [0.717, 1.165) is 32.5 Å².